The molecule has 0 fully saturated rings. The molecular formula is C7H8BrMgN. The van der Waals surface area contributed by atoms with E-state index in [0.29, 0.717) is 6.54 Å². The third-order valence-corrected chi connectivity index (χ3v) is 1.73. The Labute approximate surface area is 84.2 Å². The zero-order valence-electron chi connectivity index (χ0n) is 5.68. The van der Waals surface area contributed by atoms with Gasteiger partial charge in [0, 0.05) is 0 Å². The number of hydrogen-bond donors (Lipinski definition) is 1. The summed E-state index contributed by atoms with van der Waals surface area (Å²) in [5.41, 5.74) is 6.60. The fourth-order valence-corrected chi connectivity index (χ4v) is 0.911. The van der Waals surface area contributed by atoms with Crippen molar-refractivity contribution in [3.05, 3.63) is 29.8 Å². The molecule has 0 unspecified atom stereocenters. The van der Waals surface area contributed by atoms with E-state index in [1.807, 2.05) is 21.7 Å². The summed E-state index contributed by atoms with van der Waals surface area (Å²) in [6, 6.07) is 8.28. The number of nitrogens with two attached hydrogens (primary N) is 1. The number of rotatable bonds is 1. The molecule has 0 aliphatic heterocycles. The number of benzene rings is 1. The van der Waals surface area contributed by atoms with E-state index in [9.17, 15) is 0 Å². The van der Waals surface area contributed by atoms with Crippen LogP contribution in [0.5, 0.6) is 0 Å². The van der Waals surface area contributed by atoms with Gasteiger partial charge in [-0.25, -0.2) is 0 Å². The van der Waals surface area contributed by atoms with E-state index in [2.05, 4.69) is 24.3 Å². The number of halogens is 1. The van der Waals surface area contributed by atoms with Crippen LogP contribution in [0.25, 0.3) is 0 Å². The van der Waals surface area contributed by atoms with Crippen molar-refractivity contribution in [3.8, 4) is 0 Å². The Hall–Kier alpha value is 0.426. The van der Waals surface area contributed by atoms with Crippen LogP contribution in [0.4, 0.5) is 0 Å². The average Bonchev–Trinajstić information content (AvgIpc) is 1.90. The largest absolute Gasteiger partial charge is 1.00 e. The van der Waals surface area contributed by atoms with Gasteiger partial charge >= 0.3 is 67.5 Å². The normalized spacial score (nSPS) is 8.70. The standard InChI is InChI=1S/C7H8N.BrH.Mg/c8-6-7-4-2-1-3-5-7;;/h2-5H,6,8H2;1H;/q;;+1/p-1. The molecule has 0 atom stereocenters. The zero-order valence-corrected chi connectivity index (χ0v) is 8.68. The molecule has 3 heteroatoms. The summed E-state index contributed by atoms with van der Waals surface area (Å²) in [6.07, 6.45) is 0. The van der Waals surface area contributed by atoms with E-state index in [-0.39, 0.29) is 17.0 Å². The molecule has 0 bridgehead atoms. The minimum Gasteiger partial charge on any atom is -1.00 e. The Morgan fingerprint density at radius 1 is 1.20 bits per heavy atom. The summed E-state index contributed by atoms with van der Waals surface area (Å²) in [6.45, 7) is 0.642. The van der Waals surface area contributed by atoms with Crippen molar-refractivity contribution in [3.63, 3.8) is 0 Å². The van der Waals surface area contributed by atoms with Gasteiger partial charge in [-0.05, 0) is 0 Å². The van der Waals surface area contributed by atoms with E-state index >= 15 is 0 Å². The first-order valence-electron chi connectivity index (χ1n) is 2.94. The minimum atomic E-state index is 0. The molecule has 0 saturated carbocycles. The van der Waals surface area contributed by atoms with Crippen LogP contribution in [-0.2, 0) is 6.54 Å². The van der Waals surface area contributed by atoms with Crippen molar-refractivity contribution in [2.75, 3.05) is 0 Å². The van der Waals surface area contributed by atoms with Crippen molar-refractivity contribution in [2.24, 2.45) is 5.73 Å². The minimum absolute atomic E-state index is 0. The first kappa shape index (κ1) is 10.4. The SMILES string of the molecule is NCc1cc[c]([Mg+])cc1.[Br-]. The van der Waals surface area contributed by atoms with Crippen LogP contribution >= 0.6 is 0 Å². The van der Waals surface area contributed by atoms with E-state index in [1.165, 1.54) is 9.26 Å². The Balaban J connectivity index is 0.000000810. The Morgan fingerprint density at radius 2 is 1.70 bits per heavy atom. The van der Waals surface area contributed by atoms with Crippen LogP contribution in [0.15, 0.2) is 24.3 Å². The summed E-state index contributed by atoms with van der Waals surface area (Å²) in [4.78, 5) is 0. The van der Waals surface area contributed by atoms with Crippen LogP contribution in [-0.4, -0.2) is 21.7 Å². The van der Waals surface area contributed by atoms with Gasteiger partial charge in [0.15, 0.2) is 0 Å². The van der Waals surface area contributed by atoms with Gasteiger partial charge in [-0.1, -0.05) is 0 Å². The third kappa shape index (κ3) is 3.01. The van der Waals surface area contributed by atoms with Crippen molar-refractivity contribution < 1.29 is 17.0 Å². The molecule has 0 aromatic heterocycles. The van der Waals surface area contributed by atoms with Gasteiger partial charge in [0.25, 0.3) is 0 Å². The van der Waals surface area contributed by atoms with E-state index in [0.717, 1.165) is 0 Å². The first-order chi connectivity index (χ1) is 4.33. The topological polar surface area (TPSA) is 26.0 Å². The molecule has 1 rings (SSSR count). The molecule has 2 N–H and O–H groups in total. The Kier molecular flexibility index (Phi) is 5.34. The van der Waals surface area contributed by atoms with Crippen LogP contribution < -0.4 is 26.4 Å². The van der Waals surface area contributed by atoms with Gasteiger partial charge in [0.05, 0.1) is 0 Å². The molecule has 0 saturated heterocycles. The summed E-state index contributed by atoms with van der Waals surface area (Å²) in [5, 5.41) is 0. The molecule has 50 valence electrons. The fraction of sp³-hybridized carbons (Fsp3) is 0.143. The van der Waals surface area contributed by atoms with Crippen molar-refractivity contribution in [1.82, 2.24) is 0 Å². The van der Waals surface area contributed by atoms with Crippen LogP contribution in [0.2, 0.25) is 0 Å². The van der Waals surface area contributed by atoms with Gasteiger partial charge in [-0.15, -0.1) is 0 Å². The fourth-order valence-electron chi connectivity index (χ4n) is 0.675. The monoisotopic (exact) mass is 209 g/mol. The Morgan fingerprint density at radius 3 is 2.10 bits per heavy atom. The third-order valence-electron chi connectivity index (χ3n) is 1.26. The van der Waals surface area contributed by atoms with Gasteiger partial charge in [-0.3, -0.25) is 0 Å². The quantitative estimate of drug-likeness (QED) is 0.490. The molecule has 0 radical (unpaired) electrons. The zero-order chi connectivity index (χ0) is 6.69. The molecule has 0 amide bonds. The van der Waals surface area contributed by atoms with Crippen LogP contribution in [0, 0.1) is 0 Å². The molecule has 1 aromatic carbocycles. The Bertz CT molecular complexity index is 185. The van der Waals surface area contributed by atoms with Gasteiger partial charge in [0.2, 0.25) is 0 Å². The first-order valence-corrected chi connectivity index (χ1v) is 3.64. The van der Waals surface area contributed by atoms with Crippen molar-refractivity contribution in [1.29, 1.82) is 0 Å². The molecule has 0 aliphatic rings. The maximum absolute atomic E-state index is 5.40. The van der Waals surface area contributed by atoms with E-state index in [1.54, 1.807) is 0 Å². The van der Waals surface area contributed by atoms with Gasteiger partial charge < -0.3 is 17.0 Å². The predicted molar refractivity (Wildman–Crippen MR) is 39.7 cm³/mol. The van der Waals surface area contributed by atoms with Crippen molar-refractivity contribution >= 4 is 25.4 Å². The smallest absolute Gasteiger partial charge is 1.00 e. The maximum Gasteiger partial charge on any atom is -1.00 e. The van der Waals surface area contributed by atoms with E-state index in [4.69, 9.17) is 5.73 Å². The molecule has 10 heavy (non-hydrogen) atoms. The summed E-state index contributed by atoms with van der Waals surface area (Å²) < 4.78 is 1.31. The summed E-state index contributed by atoms with van der Waals surface area (Å²) in [7, 11) is 0. The summed E-state index contributed by atoms with van der Waals surface area (Å²) >= 11 is 1.88. The average molecular weight is 210 g/mol. The van der Waals surface area contributed by atoms with Gasteiger partial charge in [-0.2, -0.15) is 0 Å². The summed E-state index contributed by atoms with van der Waals surface area (Å²) in [5.74, 6) is 0. The predicted octanol–water partition coefficient (Wildman–Crippen LogP) is -3.06. The number of hydrogen-bond acceptors (Lipinski definition) is 1. The second-order valence-corrected chi connectivity index (χ2v) is 2.84. The van der Waals surface area contributed by atoms with Gasteiger partial charge in [0.1, 0.15) is 0 Å². The van der Waals surface area contributed by atoms with Crippen molar-refractivity contribution in [2.45, 2.75) is 6.54 Å². The molecular weight excluding hydrogens is 202 g/mol. The van der Waals surface area contributed by atoms with E-state index < -0.39 is 0 Å². The van der Waals surface area contributed by atoms with Crippen LogP contribution in [0.1, 0.15) is 5.56 Å². The second kappa shape index (κ2) is 5.13. The second-order valence-electron chi connectivity index (χ2n) is 2.02. The van der Waals surface area contributed by atoms with Crippen LogP contribution in [0.3, 0.4) is 0 Å². The molecule has 1 aromatic rings. The molecule has 0 aliphatic carbocycles. The molecule has 0 heterocycles. The maximum atomic E-state index is 5.40. The molecule has 0 spiro atoms. The molecule has 1 nitrogen and oxygen atoms in total.